The molecule has 1 aliphatic heterocycles. The van der Waals surface area contributed by atoms with E-state index in [0.717, 1.165) is 54.9 Å². The predicted molar refractivity (Wildman–Crippen MR) is 123 cm³/mol. The van der Waals surface area contributed by atoms with Crippen molar-refractivity contribution < 1.29 is 14.9 Å². The number of nitrogens with one attached hydrogen (secondary N) is 1. The van der Waals surface area contributed by atoms with Gasteiger partial charge in [0.1, 0.15) is 0 Å². The Hall–Kier alpha value is -2.50. The molecular formula is C27H30N2O3. The average molecular weight is 431 g/mol. The summed E-state index contributed by atoms with van der Waals surface area (Å²) in [6.45, 7) is 2.05. The van der Waals surface area contributed by atoms with E-state index in [0.29, 0.717) is 12.2 Å². The number of para-hydroxylation sites is 1. The number of hydrogen-bond acceptors (Lipinski definition) is 4. The zero-order chi connectivity index (χ0) is 21.7. The number of aromatic amines is 1. The summed E-state index contributed by atoms with van der Waals surface area (Å²) in [5.74, 6) is 1.50. The van der Waals surface area contributed by atoms with E-state index in [-0.39, 0.29) is 11.8 Å². The highest BCUT2D eigenvalue weighted by molar-refractivity contribution is 5.85. The molecule has 7 rings (SSSR count). The summed E-state index contributed by atoms with van der Waals surface area (Å²) in [5.41, 5.74) is 4.25. The number of aliphatic hydroxyl groups is 1. The van der Waals surface area contributed by atoms with Crippen molar-refractivity contribution >= 4 is 10.9 Å². The Morgan fingerprint density at radius 3 is 2.81 bits per heavy atom. The number of methoxy groups -OCH3 is 1. The van der Waals surface area contributed by atoms with Crippen LogP contribution in [0.5, 0.6) is 11.5 Å². The SMILES string of the molecule is COc1ccc2c(c1O)[C@@]13CCN(CC4CC4)[C@@H](C2)[C@]1(O)Cc1c([nH]c2ccccc12)C3. The molecule has 3 N–H and O–H groups in total. The minimum atomic E-state index is -0.922. The number of fused-ring (bicyclic) bond motifs is 4. The number of benzene rings is 2. The maximum absolute atomic E-state index is 12.7. The molecule has 5 heteroatoms. The highest BCUT2D eigenvalue weighted by Crippen LogP contribution is 2.60. The van der Waals surface area contributed by atoms with Crippen molar-refractivity contribution in [2.45, 2.75) is 55.6 Å². The van der Waals surface area contributed by atoms with E-state index in [1.165, 1.54) is 29.5 Å². The number of phenolic OH excluding ortho intramolecular Hbond substituents is 1. The molecule has 0 unspecified atom stereocenters. The first-order chi connectivity index (χ1) is 15.5. The summed E-state index contributed by atoms with van der Waals surface area (Å²) in [4.78, 5) is 6.23. The average Bonchev–Trinajstić information content (AvgIpc) is 3.54. The molecule has 166 valence electrons. The van der Waals surface area contributed by atoms with E-state index in [1.54, 1.807) is 7.11 Å². The zero-order valence-electron chi connectivity index (χ0n) is 18.5. The molecule has 32 heavy (non-hydrogen) atoms. The Labute approximate surface area is 188 Å². The lowest BCUT2D eigenvalue weighted by Gasteiger charge is -2.63. The summed E-state index contributed by atoms with van der Waals surface area (Å²) in [7, 11) is 1.60. The molecule has 5 nitrogen and oxygen atoms in total. The normalized spacial score (nSPS) is 31.1. The van der Waals surface area contributed by atoms with Gasteiger partial charge in [-0.1, -0.05) is 24.3 Å². The van der Waals surface area contributed by atoms with Gasteiger partial charge in [-0.2, -0.15) is 0 Å². The van der Waals surface area contributed by atoms with Crippen LogP contribution in [0, 0.1) is 5.92 Å². The molecule has 3 aromatic rings. The van der Waals surface area contributed by atoms with Crippen molar-refractivity contribution in [3.05, 3.63) is 58.8 Å². The van der Waals surface area contributed by atoms with Crippen LogP contribution >= 0.6 is 0 Å². The molecule has 2 aromatic carbocycles. The Bertz CT molecular complexity index is 1250. The van der Waals surface area contributed by atoms with Gasteiger partial charge in [0, 0.05) is 53.0 Å². The fourth-order valence-electron chi connectivity index (χ4n) is 7.31. The third-order valence-electron chi connectivity index (χ3n) is 9.00. The number of aromatic nitrogens is 1. The van der Waals surface area contributed by atoms with Crippen molar-refractivity contribution in [2.75, 3.05) is 20.2 Å². The number of rotatable bonds is 3. The van der Waals surface area contributed by atoms with Gasteiger partial charge in [0.05, 0.1) is 12.7 Å². The second-order valence-electron chi connectivity index (χ2n) is 10.5. The maximum atomic E-state index is 12.7. The van der Waals surface area contributed by atoms with Crippen LogP contribution in [0.2, 0.25) is 0 Å². The molecule has 3 aliphatic carbocycles. The van der Waals surface area contributed by atoms with Crippen molar-refractivity contribution in [1.82, 2.24) is 9.88 Å². The Kier molecular flexibility index (Phi) is 3.74. The van der Waals surface area contributed by atoms with Gasteiger partial charge in [-0.25, -0.2) is 0 Å². The van der Waals surface area contributed by atoms with Gasteiger partial charge in [0.15, 0.2) is 11.5 Å². The van der Waals surface area contributed by atoms with E-state index in [4.69, 9.17) is 4.74 Å². The minimum absolute atomic E-state index is 0.0685. The number of likely N-dealkylation sites (tertiary alicyclic amines) is 1. The first kappa shape index (κ1) is 19.0. The summed E-state index contributed by atoms with van der Waals surface area (Å²) >= 11 is 0. The first-order valence-corrected chi connectivity index (χ1v) is 12.0. The molecule has 1 saturated heterocycles. The van der Waals surface area contributed by atoms with Gasteiger partial charge in [-0.15, -0.1) is 0 Å². The van der Waals surface area contributed by atoms with Crippen molar-refractivity contribution in [1.29, 1.82) is 0 Å². The molecule has 2 heterocycles. The first-order valence-electron chi connectivity index (χ1n) is 12.0. The summed E-state index contributed by atoms with van der Waals surface area (Å²) in [5, 5.41) is 25.3. The topological polar surface area (TPSA) is 68.7 Å². The van der Waals surface area contributed by atoms with Crippen molar-refractivity contribution in [3.63, 3.8) is 0 Å². The van der Waals surface area contributed by atoms with E-state index in [9.17, 15) is 10.2 Å². The fraction of sp³-hybridized carbons (Fsp3) is 0.481. The lowest BCUT2D eigenvalue weighted by molar-refractivity contribution is -0.152. The maximum Gasteiger partial charge on any atom is 0.161 e. The van der Waals surface area contributed by atoms with Crippen LogP contribution in [-0.2, 0) is 24.7 Å². The second kappa shape index (κ2) is 6.30. The van der Waals surface area contributed by atoms with Crippen LogP contribution in [0.15, 0.2) is 36.4 Å². The molecule has 2 fully saturated rings. The van der Waals surface area contributed by atoms with Crippen LogP contribution in [0.25, 0.3) is 10.9 Å². The Morgan fingerprint density at radius 1 is 1.16 bits per heavy atom. The van der Waals surface area contributed by atoms with Gasteiger partial charge in [-0.05, 0) is 61.4 Å². The molecule has 0 spiro atoms. The number of hydrogen-bond donors (Lipinski definition) is 3. The van der Waals surface area contributed by atoms with Crippen LogP contribution < -0.4 is 4.74 Å². The molecule has 3 atom stereocenters. The molecule has 1 saturated carbocycles. The fourth-order valence-corrected chi connectivity index (χ4v) is 7.31. The van der Waals surface area contributed by atoms with E-state index < -0.39 is 11.0 Å². The van der Waals surface area contributed by atoms with Gasteiger partial charge >= 0.3 is 0 Å². The Morgan fingerprint density at radius 2 is 2.00 bits per heavy atom. The van der Waals surface area contributed by atoms with Crippen LogP contribution in [-0.4, -0.2) is 51.9 Å². The summed E-state index contributed by atoms with van der Waals surface area (Å²) in [6.07, 6.45) is 5.58. The molecule has 0 radical (unpaired) electrons. The highest BCUT2D eigenvalue weighted by Gasteiger charge is 2.65. The molecular weight excluding hydrogens is 400 g/mol. The molecule has 4 aliphatic rings. The molecule has 0 amide bonds. The standard InChI is InChI=1S/C27H30N2O3/c1-32-22-9-8-17-12-23-27(31)13-19-18-4-2-3-5-20(18)28-21(19)14-26(27,24(17)25(22)30)10-11-29(23)15-16-6-7-16/h2-5,8-9,16,23,28,30-31H,6-7,10-15H2,1H3/t23-,26-,27+/m0/s1. The van der Waals surface area contributed by atoms with Gasteiger partial charge in [-0.3, -0.25) is 4.90 Å². The third-order valence-corrected chi connectivity index (χ3v) is 9.00. The lowest BCUT2D eigenvalue weighted by Crippen LogP contribution is -2.74. The number of nitrogens with zero attached hydrogens (tertiary/aromatic N) is 1. The molecule has 2 bridgehead atoms. The molecule has 1 aromatic heterocycles. The number of H-pyrrole nitrogens is 1. The van der Waals surface area contributed by atoms with Gasteiger partial charge in [0.25, 0.3) is 0 Å². The van der Waals surface area contributed by atoms with Crippen LogP contribution in [0.1, 0.15) is 41.6 Å². The summed E-state index contributed by atoms with van der Waals surface area (Å²) in [6, 6.07) is 12.5. The minimum Gasteiger partial charge on any atom is -0.504 e. The van der Waals surface area contributed by atoms with E-state index in [1.807, 2.05) is 6.07 Å². The third kappa shape index (κ3) is 2.31. The number of ether oxygens (including phenoxy) is 1. The second-order valence-corrected chi connectivity index (χ2v) is 10.5. The van der Waals surface area contributed by atoms with Gasteiger partial charge in [0.2, 0.25) is 0 Å². The quantitative estimate of drug-likeness (QED) is 0.593. The highest BCUT2D eigenvalue weighted by atomic mass is 16.5. The number of piperidine rings is 1. The van der Waals surface area contributed by atoms with Crippen LogP contribution in [0.3, 0.4) is 0 Å². The van der Waals surface area contributed by atoms with Crippen molar-refractivity contribution in [3.8, 4) is 11.5 Å². The van der Waals surface area contributed by atoms with Crippen LogP contribution in [0.4, 0.5) is 0 Å². The number of aromatic hydroxyl groups is 1. The van der Waals surface area contributed by atoms with E-state index >= 15 is 0 Å². The largest absolute Gasteiger partial charge is 0.504 e. The lowest BCUT2D eigenvalue weighted by atomic mass is 9.49. The monoisotopic (exact) mass is 430 g/mol. The smallest absolute Gasteiger partial charge is 0.161 e. The zero-order valence-corrected chi connectivity index (χ0v) is 18.5. The Balaban J connectivity index is 1.47. The van der Waals surface area contributed by atoms with E-state index in [2.05, 4.69) is 40.2 Å². The summed E-state index contributed by atoms with van der Waals surface area (Å²) < 4.78 is 5.51. The predicted octanol–water partition coefficient (Wildman–Crippen LogP) is 3.69. The van der Waals surface area contributed by atoms with Crippen molar-refractivity contribution in [2.24, 2.45) is 5.92 Å². The van der Waals surface area contributed by atoms with Gasteiger partial charge < -0.3 is 19.9 Å². The number of phenols is 1.